The van der Waals surface area contributed by atoms with Crippen LogP contribution in [0.15, 0.2) is 36.7 Å². The Morgan fingerprint density at radius 1 is 1.28 bits per heavy atom. The van der Waals surface area contributed by atoms with E-state index in [0.717, 1.165) is 17.8 Å². The average Bonchev–Trinajstić information content (AvgIpc) is 2.76. The molecule has 0 aliphatic rings. The lowest BCUT2D eigenvalue weighted by molar-refractivity contribution is 0.0241. The topological polar surface area (TPSA) is 50.9 Å². The van der Waals surface area contributed by atoms with Crippen molar-refractivity contribution in [1.29, 1.82) is 0 Å². The lowest BCUT2D eigenvalue weighted by Crippen LogP contribution is -2.29. The Labute approximate surface area is 107 Å². The Bertz CT molecular complexity index is 495. The Hall–Kier alpha value is -1.68. The second-order valence-corrected chi connectivity index (χ2v) is 4.62. The average molecular weight is 245 g/mol. The van der Waals surface area contributed by atoms with Crippen molar-refractivity contribution in [2.75, 3.05) is 0 Å². The molecular formula is C14H19N3O. The summed E-state index contributed by atoms with van der Waals surface area (Å²) in [6.45, 7) is 2.07. The summed E-state index contributed by atoms with van der Waals surface area (Å²) >= 11 is 0. The molecule has 1 aromatic heterocycles. The zero-order valence-corrected chi connectivity index (χ0v) is 10.9. The molecule has 0 radical (unpaired) electrons. The predicted octanol–water partition coefficient (Wildman–Crippen LogP) is 2.05. The second-order valence-electron chi connectivity index (χ2n) is 4.62. The Balaban J connectivity index is 2.30. The largest absolute Gasteiger partial charge is 0.385 e. The van der Waals surface area contributed by atoms with Gasteiger partial charge in [0.15, 0.2) is 0 Å². The summed E-state index contributed by atoms with van der Waals surface area (Å²) in [6, 6.07) is 9.79. The summed E-state index contributed by atoms with van der Waals surface area (Å²) in [5.41, 5.74) is 0.0754. The molecule has 2 aromatic rings. The Morgan fingerprint density at radius 3 is 2.56 bits per heavy atom. The van der Waals surface area contributed by atoms with Crippen LogP contribution in [0.5, 0.6) is 0 Å². The highest BCUT2D eigenvalue weighted by Gasteiger charge is 2.30. The van der Waals surface area contributed by atoms with E-state index in [2.05, 4.69) is 17.0 Å². The van der Waals surface area contributed by atoms with Crippen LogP contribution in [0.3, 0.4) is 0 Å². The van der Waals surface area contributed by atoms with Gasteiger partial charge in [-0.2, -0.15) is 5.10 Å². The fourth-order valence-electron chi connectivity index (χ4n) is 2.24. The summed E-state index contributed by atoms with van der Waals surface area (Å²) in [5, 5.41) is 14.9. The highest BCUT2D eigenvalue weighted by molar-refractivity contribution is 5.23. The SMILES string of the molecule is CCCC(O)(Cc1ncnn1C)c1ccccc1. The number of aromatic nitrogens is 3. The van der Waals surface area contributed by atoms with Crippen molar-refractivity contribution in [3.05, 3.63) is 48.0 Å². The molecule has 0 fully saturated rings. The van der Waals surface area contributed by atoms with Crippen LogP contribution in [0.1, 0.15) is 31.2 Å². The molecule has 1 unspecified atom stereocenters. The van der Waals surface area contributed by atoms with Crippen LogP contribution in [-0.4, -0.2) is 19.9 Å². The first-order chi connectivity index (χ1) is 8.65. The van der Waals surface area contributed by atoms with Gasteiger partial charge in [0.1, 0.15) is 12.2 Å². The molecule has 1 N–H and O–H groups in total. The fraction of sp³-hybridized carbons (Fsp3) is 0.429. The van der Waals surface area contributed by atoms with E-state index in [9.17, 15) is 5.11 Å². The van der Waals surface area contributed by atoms with E-state index in [0.29, 0.717) is 12.8 Å². The number of aliphatic hydroxyl groups is 1. The number of aryl methyl sites for hydroxylation is 1. The Morgan fingerprint density at radius 2 is 2.00 bits per heavy atom. The standard InChI is InChI=1S/C14H19N3O/c1-3-9-14(18,12-7-5-4-6-8-12)10-13-15-11-16-17(13)2/h4-8,11,18H,3,9-10H2,1-2H3. The van der Waals surface area contributed by atoms with Crippen LogP contribution in [-0.2, 0) is 19.1 Å². The van der Waals surface area contributed by atoms with Gasteiger partial charge in [-0.3, -0.25) is 4.68 Å². The van der Waals surface area contributed by atoms with Gasteiger partial charge < -0.3 is 5.11 Å². The van der Waals surface area contributed by atoms with Crippen molar-refractivity contribution in [3.8, 4) is 0 Å². The normalized spacial score (nSPS) is 14.4. The third-order valence-electron chi connectivity index (χ3n) is 3.23. The van der Waals surface area contributed by atoms with Crippen LogP contribution in [0.4, 0.5) is 0 Å². The zero-order valence-electron chi connectivity index (χ0n) is 10.9. The number of rotatable bonds is 5. The van der Waals surface area contributed by atoms with Crippen LogP contribution in [0.25, 0.3) is 0 Å². The fourth-order valence-corrected chi connectivity index (χ4v) is 2.24. The van der Waals surface area contributed by atoms with Crippen molar-refractivity contribution >= 4 is 0 Å². The predicted molar refractivity (Wildman–Crippen MR) is 70.0 cm³/mol. The highest BCUT2D eigenvalue weighted by atomic mass is 16.3. The molecule has 1 atom stereocenters. The van der Waals surface area contributed by atoms with Crippen molar-refractivity contribution in [1.82, 2.24) is 14.8 Å². The van der Waals surface area contributed by atoms with Gasteiger partial charge >= 0.3 is 0 Å². The number of hydrogen-bond donors (Lipinski definition) is 1. The van der Waals surface area contributed by atoms with Crippen molar-refractivity contribution < 1.29 is 5.11 Å². The van der Waals surface area contributed by atoms with Crippen molar-refractivity contribution in [3.63, 3.8) is 0 Å². The minimum Gasteiger partial charge on any atom is -0.385 e. The lowest BCUT2D eigenvalue weighted by Gasteiger charge is -2.28. The molecule has 0 spiro atoms. The summed E-state index contributed by atoms with van der Waals surface area (Å²) in [6.07, 6.45) is 3.64. The minimum atomic E-state index is -0.864. The molecule has 4 heteroatoms. The third kappa shape index (κ3) is 2.59. The summed E-state index contributed by atoms with van der Waals surface area (Å²) in [5.74, 6) is 0.801. The van der Waals surface area contributed by atoms with E-state index in [1.54, 1.807) is 4.68 Å². The first-order valence-corrected chi connectivity index (χ1v) is 6.26. The number of hydrogen-bond acceptors (Lipinski definition) is 3. The molecular weight excluding hydrogens is 226 g/mol. The van der Waals surface area contributed by atoms with E-state index < -0.39 is 5.60 Å². The molecule has 1 aromatic carbocycles. The molecule has 4 nitrogen and oxygen atoms in total. The molecule has 0 bridgehead atoms. The van der Waals surface area contributed by atoms with Gasteiger partial charge in [-0.25, -0.2) is 4.98 Å². The molecule has 1 heterocycles. The molecule has 0 aliphatic carbocycles. The van der Waals surface area contributed by atoms with Gasteiger partial charge in [-0.05, 0) is 12.0 Å². The molecule has 0 saturated heterocycles. The Kier molecular flexibility index (Phi) is 3.77. The van der Waals surface area contributed by atoms with Crippen LogP contribution >= 0.6 is 0 Å². The van der Waals surface area contributed by atoms with Gasteiger partial charge in [-0.15, -0.1) is 0 Å². The quantitative estimate of drug-likeness (QED) is 0.877. The van der Waals surface area contributed by atoms with Crippen LogP contribution < -0.4 is 0 Å². The van der Waals surface area contributed by atoms with Crippen LogP contribution in [0.2, 0.25) is 0 Å². The zero-order chi connectivity index (χ0) is 13.0. The van der Waals surface area contributed by atoms with Crippen molar-refractivity contribution in [2.45, 2.75) is 31.8 Å². The van der Waals surface area contributed by atoms with Gasteiger partial charge in [0.2, 0.25) is 0 Å². The summed E-state index contributed by atoms with van der Waals surface area (Å²) < 4.78 is 1.71. The maximum Gasteiger partial charge on any atom is 0.138 e. The first-order valence-electron chi connectivity index (χ1n) is 6.26. The summed E-state index contributed by atoms with van der Waals surface area (Å²) in [4.78, 5) is 4.20. The molecule has 96 valence electrons. The first kappa shape index (κ1) is 12.8. The van der Waals surface area contributed by atoms with E-state index in [-0.39, 0.29) is 0 Å². The van der Waals surface area contributed by atoms with E-state index >= 15 is 0 Å². The number of benzene rings is 1. The molecule has 0 amide bonds. The molecule has 2 rings (SSSR count). The lowest BCUT2D eigenvalue weighted by atomic mass is 9.86. The maximum atomic E-state index is 10.9. The number of nitrogens with zero attached hydrogens (tertiary/aromatic N) is 3. The maximum absolute atomic E-state index is 10.9. The third-order valence-corrected chi connectivity index (χ3v) is 3.23. The van der Waals surface area contributed by atoms with Gasteiger partial charge in [0, 0.05) is 13.5 Å². The highest BCUT2D eigenvalue weighted by Crippen LogP contribution is 2.29. The molecule has 18 heavy (non-hydrogen) atoms. The van der Waals surface area contributed by atoms with E-state index in [4.69, 9.17) is 0 Å². The summed E-state index contributed by atoms with van der Waals surface area (Å²) in [7, 11) is 1.85. The van der Waals surface area contributed by atoms with Gasteiger partial charge in [0.25, 0.3) is 0 Å². The smallest absolute Gasteiger partial charge is 0.138 e. The van der Waals surface area contributed by atoms with Crippen molar-refractivity contribution in [2.24, 2.45) is 7.05 Å². The van der Waals surface area contributed by atoms with E-state index in [1.807, 2.05) is 37.4 Å². The minimum absolute atomic E-state index is 0.487. The van der Waals surface area contributed by atoms with Crippen LogP contribution in [0, 0.1) is 0 Å². The monoisotopic (exact) mass is 245 g/mol. The molecule has 0 aliphatic heterocycles. The second kappa shape index (κ2) is 5.31. The van der Waals surface area contributed by atoms with Gasteiger partial charge in [-0.1, -0.05) is 43.7 Å². The van der Waals surface area contributed by atoms with E-state index in [1.165, 1.54) is 6.33 Å². The molecule has 0 saturated carbocycles. The van der Waals surface area contributed by atoms with Gasteiger partial charge in [0.05, 0.1) is 5.60 Å².